The van der Waals surface area contributed by atoms with Crippen LogP contribution in [-0.4, -0.2) is 34.7 Å². The molecule has 0 aliphatic heterocycles. The highest BCUT2D eigenvalue weighted by Crippen LogP contribution is 2.17. The molecule has 0 aromatic heterocycles. The molecule has 1 aromatic carbocycles. The van der Waals surface area contributed by atoms with Crippen LogP contribution in [0.15, 0.2) is 23.1 Å². The number of ether oxygens (including phenoxy) is 1. The fourth-order valence-corrected chi connectivity index (χ4v) is 2.92. The zero-order chi connectivity index (χ0) is 15.2. The fourth-order valence-electron chi connectivity index (χ4n) is 1.66. The summed E-state index contributed by atoms with van der Waals surface area (Å²) in [6, 6.07) is 3.73. The molecule has 1 rings (SSSR count). The Morgan fingerprint density at radius 3 is 2.65 bits per heavy atom. The predicted molar refractivity (Wildman–Crippen MR) is 75.4 cm³/mol. The van der Waals surface area contributed by atoms with Crippen LogP contribution >= 0.6 is 0 Å². The van der Waals surface area contributed by atoms with Gasteiger partial charge in [0.2, 0.25) is 10.0 Å². The first-order valence-corrected chi connectivity index (χ1v) is 7.89. The van der Waals surface area contributed by atoms with Crippen molar-refractivity contribution in [3.05, 3.63) is 29.6 Å². The average molecular weight is 304 g/mol. The number of nitrogens with one attached hydrogen (secondary N) is 2. The van der Waals surface area contributed by atoms with Crippen LogP contribution < -0.4 is 10.0 Å². The maximum atomic E-state index is 13.3. The van der Waals surface area contributed by atoms with Crippen LogP contribution in [0.4, 0.5) is 4.39 Å². The van der Waals surface area contributed by atoms with Crippen molar-refractivity contribution in [3.8, 4) is 0 Å². The SMILES string of the molecule is CNCc1ccc(F)cc1S(=O)(=O)NCCOC(C)C. The van der Waals surface area contributed by atoms with Crippen molar-refractivity contribution in [1.82, 2.24) is 10.0 Å². The smallest absolute Gasteiger partial charge is 0.241 e. The lowest BCUT2D eigenvalue weighted by Crippen LogP contribution is -2.29. The molecule has 0 amide bonds. The Bertz CT molecular complexity index is 532. The third-order valence-electron chi connectivity index (χ3n) is 2.53. The van der Waals surface area contributed by atoms with Crippen molar-refractivity contribution in [3.63, 3.8) is 0 Å². The molecule has 2 N–H and O–H groups in total. The van der Waals surface area contributed by atoms with E-state index in [-0.39, 0.29) is 24.2 Å². The average Bonchev–Trinajstić information content (AvgIpc) is 2.37. The van der Waals surface area contributed by atoms with E-state index in [1.54, 1.807) is 7.05 Å². The largest absolute Gasteiger partial charge is 0.377 e. The minimum atomic E-state index is -3.74. The van der Waals surface area contributed by atoms with Crippen LogP contribution in [0.5, 0.6) is 0 Å². The first-order chi connectivity index (χ1) is 9.36. The minimum Gasteiger partial charge on any atom is -0.377 e. The molecular weight excluding hydrogens is 283 g/mol. The van der Waals surface area contributed by atoms with E-state index >= 15 is 0 Å². The summed E-state index contributed by atoms with van der Waals surface area (Å²) in [5, 5.41) is 2.86. The van der Waals surface area contributed by atoms with E-state index in [0.717, 1.165) is 6.07 Å². The molecule has 0 atom stereocenters. The van der Waals surface area contributed by atoms with Crippen molar-refractivity contribution in [1.29, 1.82) is 0 Å². The van der Waals surface area contributed by atoms with Crippen LogP contribution in [0.3, 0.4) is 0 Å². The molecule has 7 heteroatoms. The second kappa shape index (κ2) is 7.68. The van der Waals surface area contributed by atoms with Crippen molar-refractivity contribution in [2.75, 3.05) is 20.2 Å². The van der Waals surface area contributed by atoms with E-state index < -0.39 is 15.8 Å². The summed E-state index contributed by atoms with van der Waals surface area (Å²) in [6.07, 6.45) is 0.0357. The van der Waals surface area contributed by atoms with Gasteiger partial charge >= 0.3 is 0 Å². The van der Waals surface area contributed by atoms with Gasteiger partial charge in [0.15, 0.2) is 0 Å². The van der Waals surface area contributed by atoms with Crippen LogP contribution in [-0.2, 0) is 21.3 Å². The molecule has 0 fully saturated rings. The van der Waals surface area contributed by atoms with E-state index in [0.29, 0.717) is 12.1 Å². The van der Waals surface area contributed by atoms with Crippen molar-refractivity contribution < 1.29 is 17.5 Å². The van der Waals surface area contributed by atoms with E-state index in [1.165, 1.54) is 12.1 Å². The first kappa shape index (κ1) is 17.0. The van der Waals surface area contributed by atoms with Crippen molar-refractivity contribution in [2.24, 2.45) is 0 Å². The molecule has 1 aromatic rings. The number of halogens is 1. The summed E-state index contributed by atoms with van der Waals surface area (Å²) in [5.41, 5.74) is 0.520. The molecule has 0 radical (unpaired) electrons. The lowest BCUT2D eigenvalue weighted by Gasteiger charge is -2.12. The Labute approximate surface area is 119 Å². The second-order valence-corrected chi connectivity index (χ2v) is 6.34. The molecule has 0 aliphatic carbocycles. The molecule has 0 aliphatic rings. The van der Waals surface area contributed by atoms with E-state index in [2.05, 4.69) is 10.0 Å². The Balaban J connectivity index is 2.83. The zero-order valence-corrected chi connectivity index (χ0v) is 12.8. The fraction of sp³-hybridized carbons (Fsp3) is 0.538. The summed E-state index contributed by atoms with van der Waals surface area (Å²) in [7, 11) is -2.05. The van der Waals surface area contributed by atoms with Crippen molar-refractivity contribution in [2.45, 2.75) is 31.4 Å². The number of hydrogen-bond donors (Lipinski definition) is 2. The van der Waals surface area contributed by atoms with Crippen LogP contribution in [0.2, 0.25) is 0 Å². The molecular formula is C13H21FN2O3S. The highest BCUT2D eigenvalue weighted by atomic mass is 32.2. The quantitative estimate of drug-likeness (QED) is 0.709. The van der Waals surface area contributed by atoms with E-state index in [9.17, 15) is 12.8 Å². The second-order valence-electron chi connectivity index (χ2n) is 4.60. The molecule has 0 saturated heterocycles. The Kier molecular flexibility index (Phi) is 6.54. The third kappa shape index (κ3) is 5.16. The molecule has 0 saturated carbocycles. The van der Waals surface area contributed by atoms with Gasteiger partial charge in [-0.05, 0) is 38.6 Å². The number of rotatable bonds is 8. The van der Waals surface area contributed by atoms with Gasteiger partial charge < -0.3 is 10.1 Å². The lowest BCUT2D eigenvalue weighted by molar-refractivity contribution is 0.0834. The van der Waals surface area contributed by atoms with Gasteiger partial charge in [-0.15, -0.1) is 0 Å². The van der Waals surface area contributed by atoms with Gasteiger partial charge in [0.1, 0.15) is 5.82 Å². The Morgan fingerprint density at radius 1 is 1.35 bits per heavy atom. The Morgan fingerprint density at radius 2 is 2.05 bits per heavy atom. The van der Waals surface area contributed by atoms with Crippen LogP contribution in [0.25, 0.3) is 0 Å². The first-order valence-electron chi connectivity index (χ1n) is 6.41. The van der Waals surface area contributed by atoms with Gasteiger partial charge in [0, 0.05) is 13.1 Å². The maximum absolute atomic E-state index is 13.3. The van der Waals surface area contributed by atoms with Gasteiger partial charge in [-0.25, -0.2) is 17.5 Å². The lowest BCUT2D eigenvalue weighted by atomic mass is 10.2. The molecule has 114 valence electrons. The maximum Gasteiger partial charge on any atom is 0.241 e. The normalized spacial score (nSPS) is 12.1. The third-order valence-corrected chi connectivity index (χ3v) is 4.07. The minimum absolute atomic E-state index is 0.0357. The van der Waals surface area contributed by atoms with Gasteiger partial charge in [-0.1, -0.05) is 6.07 Å². The highest BCUT2D eigenvalue weighted by molar-refractivity contribution is 7.89. The number of sulfonamides is 1. The molecule has 0 bridgehead atoms. The molecule has 20 heavy (non-hydrogen) atoms. The van der Waals surface area contributed by atoms with E-state index in [4.69, 9.17) is 4.74 Å². The van der Waals surface area contributed by atoms with Crippen LogP contribution in [0, 0.1) is 5.82 Å². The highest BCUT2D eigenvalue weighted by Gasteiger charge is 2.18. The summed E-state index contributed by atoms with van der Waals surface area (Å²) in [6.45, 7) is 4.50. The summed E-state index contributed by atoms with van der Waals surface area (Å²) < 4.78 is 45.3. The Hall–Kier alpha value is -1.02. The zero-order valence-electron chi connectivity index (χ0n) is 11.9. The van der Waals surface area contributed by atoms with Crippen molar-refractivity contribution >= 4 is 10.0 Å². The van der Waals surface area contributed by atoms with Crippen LogP contribution in [0.1, 0.15) is 19.4 Å². The van der Waals surface area contributed by atoms with Gasteiger partial charge in [0.05, 0.1) is 17.6 Å². The molecule has 0 heterocycles. The molecule has 5 nitrogen and oxygen atoms in total. The molecule has 0 spiro atoms. The summed E-state index contributed by atoms with van der Waals surface area (Å²) in [5.74, 6) is -0.580. The van der Waals surface area contributed by atoms with Gasteiger partial charge in [-0.2, -0.15) is 0 Å². The predicted octanol–water partition coefficient (Wildman–Crippen LogP) is 1.25. The summed E-state index contributed by atoms with van der Waals surface area (Å²) >= 11 is 0. The topological polar surface area (TPSA) is 67.4 Å². The van der Waals surface area contributed by atoms with E-state index in [1.807, 2.05) is 13.8 Å². The number of hydrogen-bond acceptors (Lipinski definition) is 4. The van der Waals surface area contributed by atoms with Gasteiger partial charge in [-0.3, -0.25) is 0 Å². The monoisotopic (exact) mass is 304 g/mol. The summed E-state index contributed by atoms with van der Waals surface area (Å²) in [4.78, 5) is -0.0450. The van der Waals surface area contributed by atoms with Gasteiger partial charge in [0.25, 0.3) is 0 Å². The number of benzene rings is 1. The standard InChI is InChI=1S/C13H21FN2O3S/c1-10(2)19-7-6-16-20(17,18)13-8-12(14)5-4-11(13)9-15-3/h4-5,8,10,15-16H,6-7,9H2,1-3H3. The molecule has 0 unspecified atom stereocenters.